The number of carbonyl (C=O) groups is 2. The Morgan fingerprint density at radius 3 is 2.22 bits per heavy atom. The topological polar surface area (TPSA) is 67.8 Å². The van der Waals surface area contributed by atoms with Gasteiger partial charge in [0.2, 0.25) is 5.91 Å². The van der Waals surface area contributed by atoms with Crippen molar-refractivity contribution in [3.8, 4) is 5.75 Å². The van der Waals surface area contributed by atoms with E-state index in [-0.39, 0.29) is 5.91 Å². The van der Waals surface area contributed by atoms with Crippen LogP contribution in [0.1, 0.15) is 92.6 Å². The highest BCUT2D eigenvalue weighted by atomic mass is 16.5. The highest BCUT2D eigenvalue weighted by molar-refractivity contribution is 6.04. The number of benzene rings is 3. The number of hydrogen-bond acceptors (Lipinski definition) is 4. The molecule has 1 N–H and O–H groups in total. The second kappa shape index (κ2) is 14.8. The Kier molecular flexibility index (Phi) is 11.2. The van der Waals surface area contributed by atoms with Gasteiger partial charge >= 0.3 is 5.97 Å². The van der Waals surface area contributed by atoms with Crippen LogP contribution in [0.2, 0.25) is 0 Å². The van der Waals surface area contributed by atoms with E-state index < -0.39 is 5.97 Å². The maximum atomic E-state index is 12.7. The Balaban J connectivity index is 1.56. The maximum absolute atomic E-state index is 12.7. The van der Waals surface area contributed by atoms with Gasteiger partial charge in [0.05, 0.1) is 11.8 Å². The molecular formula is C31H38N2O3. The summed E-state index contributed by atoms with van der Waals surface area (Å²) in [7, 11) is 0. The number of aryl methyl sites for hydroxylation is 1. The third kappa shape index (κ3) is 8.63. The summed E-state index contributed by atoms with van der Waals surface area (Å²) in [6, 6.07) is 18.7. The average molecular weight is 487 g/mol. The van der Waals surface area contributed by atoms with Crippen LogP contribution in [0.4, 0.5) is 0 Å². The van der Waals surface area contributed by atoms with Gasteiger partial charge in [-0.1, -0.05) is 106 Å². The Bertz CT molecular complexity index is 1150. The molecule has 0 saturated heterocycles. The molecule has 0 radical (unpaired) electrons. The molecule has 3 rings (SSSR count). The SMILES string of the molecule is CCCCCCCCCCCC(=O)N/N=C/c1c(OC(=O)c2ccc(C)cc2)ccc2ccccc12. The van der Waals surface area contributed by atoms with Crippen LogP contribution < -0.4 is 10.2 Å². The summed E-state index contributed by atoms with van der Waals surface area (Å²) >= 11 is 0. The van der Waals surface area contributed by atoms with Crippen LogP contribution in [-0.2, 0) is 4.79 Å². The highest BCUT2D eigenvalue weighted by Gasteiger charge is 2.13. The number of fused-ring (bicyclic) bond motifs is 1. The highest BCUT2D eigenvalue weighted by Crippen LogP contribution is 2.27. The molecule has 0 saturated carbocycles. The number of ether oxygens (including phenoxy) is 1. The van der Waals surface area contributed by atoms with Gasteiger partial charge in [0.1, 0.15) is 5.75 Å². The fraction of sp³-hybridized carbons (Fsp3) is 0.387. The largest absolute Gasteiger partial charge is 0.422 e. The minimum atomic E-state index is -0.436. The Labute approximate surface area is 214 Å². The number of nitrogens with zero attached hydrogens (tertiary/aromatic N) is 1. The molecule has 5 nitrogen and oxygen atoms in total. The van der Waals surface area contributed by atoms with Gasteiger partial charge in [0.25, 0.3) is 0 Å². The van der Waals surface area contributed by atoms with Gasteiger partial charge in [-0.15, -0.1) is 0 Å². The van der Waals surface area contributed by atoms with E-state index in [0.717, 1.165) is 29.2 Å². The van der Waals surface area contributed by atoms with Crippen molar-refractivity contribution in [2.24, 2.45) is 5.10 Å². The van der Waals surface area contributed by atoms with Crippen molar-refractivity contribution < 1.29 is 14.3 Å². The van der Waals surface area contributed by atoms with Crippen molar-refractivity contribution >= 4 is 28.9 Å². The van der Waals surface area contributed by atoms with Gasteiger partial charge in [-0.2, -0.15) is 5.10 Å². The molecule has 3 aromatic carbocycles. The molecule has 0 atom stereocenters. The van der Waals surface area contributed by atoms with E-state index >= 15 is 0 Å². The van der Waals surface area contributed by atoms with Crippen molar-refractivity contribution in [1.82, 2.24) is 5.43 Å². The number of hydrazone groups is 1. The molecule has 0 fully saturated rings. The number of carbonyl (C=O) groups excluding carboxylic acids is 2. The van der Waals surface area contributed by atoms with Crippen LogP contribution in [0, 0.1) is 6.92 Å². The first-order valence-electron chi connectivity index (χ1n) is 13.2. The average Bonchev–Trinajstić information content (AvgIpc) is 2.89. The van der Waals surface area contributed by atoms with E-state index in [2.05, 4.69) is 17.5 Å². The van der Waals surface area contributed by atoms with Crippen LogP contribution in [-0.4, -0.2) is 18.1 Å². The molecule has 0 unspecified atom stereocenters. The summed E-state index contributed by atoms with van der Waals surface area (Å²) in [5.74, 6) is -0.141. The molecule has 1 amide bonds. The lowest BCUT2D eigenvalue weighted by atomic mass is 10.0. The van der Waals surface area contributed by atoms with Crippen LogP contribution >= 0.6 is 0 Å². The van der Waals surface area contributed by atoms with Crippen molar-refractivity contribution in [3.63, 3.8) is 0 Å². The normalized spacial score (nSPS) is 11.2. The second-order valence-corrected chi connectivity index (χ2v) is 9.33. The molecule has 190 valence electrons. The Morgan fingerprint density at radius 1 is 0.833 bits per heavy atom. The van der Waals surface area contributed by atoms with Gasteiger partial charge in [0, 0.05) is 12.0 Å². The van der Waals surface area contributed by atoms with Crippen molar-refractivity contribution in [2.75, 3.05) is 0 Å². The third-order valence-corrected chi connectivity index (χ3v) is 6.31. The Morgan fingerprint density at radius 2 is 1.50 bits per heavy atom. The van der Waals surface area contributed by atoms with Gasteiger partial charge in [-0.3, -0.25) is 4.79 Å². The first kappa shape index (κ1) is 27.1. The molecule has 3 aromatic rings. The Hall–Kier alpha value is -3.47. The van der Waals surface area contributed by atoms with Gasteiger partial charge in [-0.25, -0.2) is 10.2 Å². The fourth-order valence-electron chi connectivity index (χ4n) is 4.17. The van der Waals surface area contributed by atoms with Crippen molar-refractivity contribution in [3.05, 3.63) is 77.4 Å². The summed E-state index contributed by atoms with van der Waals surface area (Å²) < 4.78 is 5.73. The van der Waals surface area contributed by atoms with E-state index in [0.29, 0.717) is 23.3 Å². The number of hydrogen-bond donors (Lipinski definition) is 1. The second-order valence-electron chi connectivity index (χ2n) is 9.33. The zero-order valence-corrected chi connectivity index (χ0v) is 21.6. The minimum Gasteiger partial charge on any atom is -0.422 e. The number of nitrogens with one attached hydrogen (secondary N) is 1. The summed E-state index contributed by atoms with van der Waals surface area (Å²) in [5, 5.41) is 6.07. The van der Waals surface area contributed by atoms with E-state index in [1.54, 1.807) is 24.4 Å². The first-order chi connectivity index (χ1) is 17.6. The lowest BCUT2D eigenvalue weighted by Gasteiger charge is -2.11. The van der Waals surface area contributed by atoms with Crippen LogP contribution in [0.25, 0.3) is 10.8 Å². The van der Waals surface area contributed by atoms with Crippen molar-refractivity contribution in [1.29, 1.82) is 0 Å². The standard InChI is InChI=1S/C31H38N2O3/c1-3-4-5-6-7-8-9-10-11-16-30(34)33-32-23-28-27-15-13-12-14-25(27)21-22-29(28)36-31(35)26-19-17-24(2)18-20-26/h12-15,17-23H,3-11,16H2,1-2H3,(H,33,34)/b32-23+. The predicted octanol–water partition coefficient (Wildman–Crippen LogP) is 7.74. The summed E-state index contributed by atoms with van der Waals surface area (Å²) in [6.07, 6.45) is 12.9. The smallest absolute Gasteiger partial charge is 0.343 e. The molecule has 0 aliphatic carbocycles. The van der Waals surface area contributed by atoms with E-state index in [4.69, 9.17) is 4.74 Å². The zero-order valence-electron chi connectivity index (χ0n) is 21.6. The van der Waals surface area contributed by atoms with E-state index in [1.165, 1.54) is 44.9 Å². The molecule has 0 spiro atoms. The third-order valence-electron chi connectivity index (χ3n) is 6.31. The van der Waals surface area contributed by atoms with Gasteiger partial charge in [-0.05, 0) is 42.3 Å². The number of esters is 1. The molecule has 0 aliphatic heterocycles. The molecule has 0 aliphatic rings. The van der Waals surface area contributed by atoms with E-state index in [1.807, 2.05) is 49.4 Å². The lowest BCUT2D eigenvalue weighted by molar-refractivity contribution is -0.121. The van der Waals surface area contributed by atoms with Crippen LogP contribution in [0.15, 0.2) is 65.8 Å². The maximum Gasteiger partial charge on any atom is 0.343 e. The predicted molar refractivity (Wildman–Crippen MR) is 148 cm³/mol. The fourth-order valence-corrected chi connectivity index (χ4v) is 4.17. The molecular weight excluding hydrogens is 448 g/mol. The van der Waals surface area contributed by atoms with Crippen LogP contribution in [0.3, 0.4) is 0 Å². The molecule has 36 heavy (non-hydrogen) atoms. The van der Waals surface area contributed by atoms with Gasteiger partial charge < -0.3 is 4.74 Å². The minimum absolute atomic E-state index is 0.104. The lowest BCUT2D eigenvalue weighted by Crippen LogP contribution is -2.17. The molecule has 5 heteroatoms. The number of unbranched alkanes of at least 4 members (excludes halogenated alkanes) is 8. The molecule has 0 bridgehead atoms. The van der Waals surface area contributed by atoms with E-state index in [9.17, 15) is 9.59 Å². The monoisotopic (exact) mass is 486 g/mol. The molecule has 0 aromatic heterocycles. The summed E-state index contributed by atoms with van der Waals surface area (Å²) in [4.78, 5) is 25.0. The summed E-state index contributed by atoms with van der Waals surface area (Å²) in [6.45, 7) is 4.20. The zero-order chi connectivity index (χ0) is 25.6. The molecule has 0 heterocycles. The number of amides is 1. The number of rotatable bonds is 14. The van der Waals surface area contributed by atoms with Crippen LogP contribution in [0.5, 0.6) is 5.75 Å². The first-order valence-corrected chi connectivity index (χ1v) is 13.2. The quantitative estimate of drug-likeness (QED) is 0.0833. The van der Waals surface area contributed by atoms with Gasteiger partial charge in [0.15, 0.2) is 0 Å². The summed E-state index contributed by atoms with van der Waals surface area (Å²) in [5.41, 5.74) is 4.83. The van der Waals surface area contributed by atoms with Crippen molar-refractivity contribution in [2.45, 2.75) is 78.1 Å².